The molecule has 0 saturated carbocycles. The number of aliphatic carboxylic acids is 1. The van der Waals surface area contributed by atoms with Crippen LogP contribution in [0.2, 0.25) is 0 Å². The molecule has 3 aromatic rings. The first kappa shape index (κ1) is 23.0. The van der Waals surface area contributed by atoms with Crippen LogP contribution in [0.1, 0.15) is 24.0 Å². The fourth-order valence-electron chi connectivity index (χ4n) is 3.96. The number of hydrogen-bond acceptors (Lipinski definition) is 5. The first-order chi connectivity index (χ1) is 15.9. The molecule has 7 heteroatoms. The van der Waals surface area contributed by atoms with Gasteiger partial charge in [0.15, 0.2) is 0 Å². The molecule has 33 heavy (non-hydrogen) atoms. The lowest BCUT2D eigenvalue weighted by Crippen LogP contribution is -2.35. The molecule has 1 aliphatic rings. The highest BCUT2D eigenvalue weighted by Crippen LogP contribution is 2.25. The monoisotopic (exact) mass is 465 g/mol. The fraction of sp³-hybridized carbons (Fsp3) is 0.269. The van der Waals surface area contributed by atoms with Gasteiger partial charge in [0, 0.05) is 6.54 Å². The van der Waals surface area contributed by atoms with Crippen molar-refractivity contribution in [1.29, 1.82) is 0 Å². The van der Waals surface area contributed by atoms with Gasteiger partial charge in [-0.2, -0.15) is 0 Å². The first-order valence-electron chi connectivity index (χ1n) is 11.0. The maximum atomic E-state index is 13.0. The number of carbonyl (C=O) groups is 1. The van der Waals surface area contributed by atoms with E-state index in [-0.39, 0.29) is 15.7 Å². The van der Waals surface area contributed by atoms with Crippen molar-refractivity contribution in [2.24, 2.45) is 5.92 Å². The van der Waals surface area contributed by atoms with Crippen LogP contribution in [0.4, 0.5) is 0 Å². The maximum absolute atomic E-state index is 13.0. The Kier molecular flexibility index (Phi) is 7.11. The molecule has 4 rings (SSSR count). The van der Waals surface area contributed by atoms with Crippen molar-refractivity contribution in [3.05, 3.63) is 90.0 Å². The largest absolute Gasteiger partial charge is 0.489 e. The van der Waals surface area contributed by atoms with Gasteiger partial charge in [0.1, 0.15) is 12.4 Å². The number of benzene rings is 3. The normalized spacial score (nSPS) is 15.3. The standard InChI is InChI=1S/C26H27NO5S/c28-26(29)22-14-16-27(17-15-22)18-20-6-10-24(11-7-20)33(30,31)25-12-8-23(9-13-25)32-19-21-4-2-1-3-5-21/h1-13,22H,14-19H2,(H,28,29). The third kappa shape index (κ3) is 5.80. The van der Waals surface area contributed by atoms with Crippen molar-refractivity contribution in [1.82, 2.24) is 4.90 Å². The van der Waals surface area contributed by atoms with Crippen molar-refractivity contribution in [2.75, 3.05) is 13.1 Å². The lowest BCUT2D eigenvalue weighted by molar-refractivity contribution is -0.143. The van der Waals surface area contributed by atoms with Gasteiger partial charge in [-0.1, -0.05) is 42.5 Å². The second-order valence-corrected chi connectivity index (χ2v) is 10.2. The van der Waals surface area contributed by atoms with Crippen LogP contribution in [-0.2, 0) is 27.8 Å². The fourth-order valence-corrected chi connectivity index (χ4v) is 5.22. The quantitative estimate of drug-likeness (QED) is 0.531. The molecule has 1 saturated heterocycles. The summed E-state index contributed by atoms with van der Waals surface area (Å²) >= 11 is 0. The summed E-state index contributed by atoms with van der Waals surface area (Å²) in [6.07, 6.45) is 1.29. The SMILES string of the molecule is O=C(O)C1CCN(Cc2ccc(S(=O)(=O)c3ccc(OCc4ccccc4)cc3)cc2)CC1. The van der Waals surface area contributed by atoms with Gasteiger partial charge in [0.2, 0.25) is 9.84 Å². The van der Waals surface area contributed by atoms with Gasteiger partial charge in [0.25, 0.3) is 0 Å². The summed E-state index contributed by atoms with van der Waals surface area (Å²) < 4.78 is 31.8. The molecule has 0 unspecified atom stereocenters. The van der Waals surface area contributed by atoms with Gasteiger partial charge in [-0.25, -0.2) is 8.42 Å². The van der Waals surface area contributed by atoms with Crippen LogP contribution in [-0.4, -0.2) is 37.5 Å². The number of hydrogen-bond donors (Lipinski definition) is 1. The van der Waals surface area contributed by atoms with Gasteiger partial charge >= 0.3 is 5.97 Å². The Morgan fingerprint density at radius 2 is 1.42 bits per heavy atom. The average molecular weight is 466 g/mol. The summed E-state index contributed by atoms with van der Waals surface area (Å²) in [6.45, 7) is 2.56. The molecule has 1 fully saturated rings. The molecule has 172 valence electrons. The van der Waals surface area contributed by atoms with E-state index < -0.39 is 15.8 Å². The van der Waals surface area contributed by atoms with Crippen LogP contribution in [0.5, 0.6) is 5.75 Å². The van der Waals surface area contributed by atoms with Crippen LogP contribution in [0, 0.1) is 5.92 Å². The second-order valence-electron chi connectivity index (χ2n) is 8.28. The molecular weight excluding hydrogens is 438 g/mol. The Labute approximate surface area is 194 Å². The summed E-state index contributed by atoms with van der Waals surface area (Å²) in [5.41, 5.74) is 2.05. The molecular formula is C26H27NO5S. The zero-order valence-corrected chi connectivity index (χ0v) is 19.1. The van der Waals surface area contributed by atoms with E-state index in [4.69, 9.17) is 9.84 Å². The molecule has 0 bridgehead atoms. The van der Waals surface area contributed by atoms with Crippen LogP contribution in [0.3, 0.4) is 0 Å². The van der Waals surface area contributed by atoms with E-state index >= 15 is 0 Å². The van der Waals surface area contributed by atoms with Crippen LogP contribution in [0.25, 0.3) is 0 Å². The Hall–Kier alpha value is -3.16. The minimum atomic E-state index is -3.62. The van der Waals surface area contributed by atoms with Crippen molar-refractivity contribution in [2.45, 2.75) is 35.8 Å². The number of likely N-dealkylation sites (tertiary alicyclic amines) is 1. The summed E-state index contributed by atoms with van der Waals surface area (Å²) in [7, 11) is -3.62. The molecule has 0 aliphatic carbocycles. The van der Waals surface area contributed by atoms with E-state index in [1.165, 1.54) is 0 Å². The molecule has 6 nitrogen and oxygen atoms in total. The third-order valence-corrected chi connectivity index (χ3v) is 7.74. The van der Waals surface area contributed by atoms with Crippen molar-refractivity contribution in [3.63, 3.8) is 0 Å². The van der Waals surface area contributed by atoms with Crippen molar-refractivity contribution < 1.29 is 23.1 Å². The predicted octanol–water partition coefficient (Wildman–Crippen LogP) is 4.40. The molecule has 1 heterocycles. The number of sulfone groups is 1. The van der Waals surface area contributed by atoms with Crippen LogP contribution in [0.15, 0.2) is 88.7 Å². The number of piperidine rings is 1. The van der Waals surface area contributed by atoms with Crippen LogP contribution >= 0.6 is 0 Å². The molecule has 1 N–H and O–H groups in total. The summed E-state index contributed by atoms with van der Waals surface area (Å²) in [6, 6.07) is 23.2. The number of carboxylic acids is 1. The van der Waals surface area contributed by atoms with Crippen molar-refractivity contribution in [3.8, 4) is 5.75 Å². The van der Waals surface area contributed by atoms with Crippen molar-refractivity contribution >= 4 is 15.8 Å². The molecule has 0 radical (unpaired) electrons. The number of nitrogens with zero attached hydrogens (tertiary/aromatic N) is 1. The lowest BCUT2D eigenvalue weighted by Gasteiger charge is -2.30. The minimum absolute atomic E-state index is 0.220. The molecule has 1 aliphatic heterocycles. The first-order valence-corrected chi connectivity index (χ1v) is 12.5. The zero-order valence-electron chi connectivity index (χ0n) is 18.3. The summed E-state index contributed by atoms with van der Waals surface area (Å²) in [4.78, 5) is 13.8. The van der Waals surface area contributed by atoms with Gasteiger partial charge < -0.3 is 9.84 Å². The van der Waals surface area contributed by atoms with Crippen LogP contribution < -0.4 is 4.74 Å². The molecule has 0 amide bonds. The molecule has 3 aromatic carbocycles. The number of ether oxygens (including phenoxy) is 1. The highest BCUT2D eigenvalue weighted by Gasteiger charge is 2.24. The predicted molar refractivity (Wildman–Crippen MR) is 125 cm³/mol. The molecule has 0 spiro atoms. The molecule has 0 atom stereocenters. The van der Waals surface area contributed by atoms with Gasteiger partial charge in [-0.15, -0.1) is 0 Å². The van der Waals surface area contributed by atoms with E-state index in [0.717, 1.165) is 24.2 Å². The smallest absolute Gasteiger partial charge is 0.306 e. The summed E-state index contributed by atoms with van der Waals surface area (Å²) in [5.74, 6) is -0.372. The van der Waals surface area contributed by atoms with Gasteiger partial charge in [0.05, 0.1) is 15.7 Å². The number of rotatable bonds is 8. The minimum Gasteiger partial charge on any atom is -0.489 e. The topological polar surface area (TPSA) is 83.9 Å². The molecule has 0 aromatic heterocycles. The highest BCUT2D eigenvalue weighted by atomic mass is 32.2. The van der Waals surface area contributed by atoms with Gasteiger partial charge in [-0.3, -0.25) is 9.69 Å². The highest BCUT2D eigenvalue weighted by molar-refractivity contribution is 7.91. The van der Waals surface area contributed by atoms with E-state index in [2.05, 4.69) is 4.90 Å². The van der Waals surface area contributed by atoms with E-state index in [0.29, 0.717) is 31.7 Å². The number of carboxylic acid groups (broad SMARTS) is 1. The summed E-state index contributed by atoms with van der Waals surface area (Å²) in [5, 5.41) is 9.12. The Morgan fingerprint density at radius 3 is 2.00 bits per heavy atom. The average Bonchev–Trinajstić information content (AvgIpc) is 2.84. The van der Waals surface area contributed by atoms with Gasteiger partial charge in [-0.05, 0) is 73.5 Å². The van der Waals surface area contributed by atoms with E-state index in [9.17, 15) is 13.2 Å². The Balaban J connectivity index is 1.36. The second kappa shape index (κ2) is 10.2. The Morgan fingerprint density at radius 1 is 0.848 bits per heavy atom. The third-order valence-electron chi connectivity index (χ3n) is 5.96. The Bertz CT molecular complexity index is 1170. The lowest BCUT2D eigenvalue weighted by atomic mass is 9.97. The van der Waals surface area contributed by atoms with E-state index in [1.807, 2.05) is 42.5 Å². The zero-order chi connectivity index (χ0) is 23.3. The maximum Gasteiger partial charge on any atom is 0.306 e. The van der Waals surface area contributed by atoms with E-state index in [1.54, 1.807) is 36.4 Å².